The number of aromatic hydroxyl groups is 1. The van der Waals surface area contributed by atoms with E-state index in [9.17, 15) is 9.90 Å². The number of fused-ring (bicyclic) bond motifs is 2. The van der Waals surface area contributed by atoms with Crippen molar-refractivity contribution in [2.75, 3.05) is 0 Å². The van der Waals surface area contributed by atoms with Crippen LogP contribution in [-0.2, 0) is 17.6 Å². The topological polar surface area (TPSA) is 62.5 Å². The molecule has 1 aromatic carbocycles. The maximum absolute atomic E-state index is 11.1. The van der Waals surface area contributed by atoms with E-state index >= 15 is 0 Å². The number of hydrogen-bond donors (Lipinski definition) is 2. The zero-order chi connectivity index (χ0) is 12.7. The van der Waals surface area contributed by atoms with Gasteiger partial charge in [0, 0.05) is 13.0 Å². The van der Waals surface area contributed by atoms with E-state index in [1.807, 2.05) is 12.1 Å². The second-order valence-corrected chi connectivity index (χ2v) is 4.88. The summed E-state index contributed by atoms with van der Waals surface area (Å²) in [5, 5.41) is 13.4. The quantitative estimate of drug-likeness (QED) is 0.809. The highest BCUT2D eigenvalue weighted by molar-refractivity contribution is 5.85. The molecular formula is C14H15NO3. The molecule has 0 saturated carbocycles. The maximum atomic E-state index is 11.1. The van der Waals surface area contributed by atoms with Crippen molar-refractivity contribution >= 4 is 16.9 Å². The first-order valence-corrected chi connectivity index (χ1v) is 6.12. The molecule has 1 aliphatic carbocycles. The molecule has 1 aromatic heterocycles. The van der Waals surface area contributed by atoms with Crippen molar-refractivity contribution in [2.45, 2.75) is 32.2 Å². The van der Waals surface area contributed by atoms with Crippen LogP contribution in [-0.4, -0.2) is 17.1 Å². The third kappa shape index (κ3) is 1.83. The number of nitrogens with one attached hydrogen (secondary N) is 1. The van der Waals surface area contributed by atoms with E-state index in [4.69, 9.17) is 4.42 Å². The van der Waals surface area contributed by atoms with Gasteiger partial charge in [0.1, 0.15) is 11.8 Å². The van der Waals surface area contributed by atoms with Crippen LogP contribution in [0.5, 0.6) is 5.75 Å². The van der Waals surface area contributed by atoms with Crippen LogP contribution in [0.4, 0.5) is 0 Å². The van der Waals surface area contributed by atoms with Gasteiger partial charge < -0.3 is 14.8 Å². The Morgan fingerprint density at radius 1 is 1.44 bits per heavy atom. The average molecular weight is 245 g/mol. The van der Waals surface area contributed by atoms with Crippen LogP contribution in [0.15, 0.2) is 22.8 Å². The molecule has 0 bridgehead atoms. The minimum Gasteiger partial charge on any atom is -0.504 e. The van der Waals surface area contributed by atoms with Gasteiger partial charge in [0.05, 0.1) is 5.39 Å². The lowest BCUT2D eigenvalue weighted by atomic mass is 9.87. The van der Waals surface area contributed by atoms with E-state index in [1.165, 1.54) is 17.4 Å². The van der Waals surface area contributed by atoms with E-state index in [0.29, 0.717) is 5.58 Å². The molecule has 2 N–H and O–H groups in total. The Hall–Kier alpha value is -1.97. The summed E-state index contributed by atoms with van der Waals surface area (Å²) in [5.74, 6) is 0.206. The van der Waals surface area contributed by atoms with Crippen LogP contribution in [0.3, 0.4) is 0 Å². The number of rotatable bonds is 1. The number of furan rings is 1. The predicted octanol–water partition coefficient (Wildman–Crippen LogP) is 2.13. The van der Waals surface area contributed by atoms with E-state index in [2.05, 4.69) is 5.32 Å². The molecule has 1 aliphatic rings. The molecule has 0 fully saturated rings. The summed E-state index contributed by atoms with van der Waals surface area (Å²) < 4.78 is 5.29. The molecule has 94 valence electrons. The minimum absolute atomic E-state index is 0.0140. The van der Waals surface area contributed by atoms with Crippen molar-refractivity contribution in [3.8, 4) is 5.75 Å². The van der Waals surface area contributed by atoms with Gasteiger partial charge in [-0.3, -0.25) is 4.79 Å². The number of amides is 1. The molecule has 0 aliphatic heterocycles. The second kappa shape index (κ2) is 4.05. The first kappa shape index (κ1) is 11.1. The SMILES string of the molecule is CC(=O)NC1CCc2cc3c(O)coc3cc2C1. The van der Waals surface area contributed by atoms with Gasteiger partial charge in [-0.25, -0.2) is 0 Å². The number of carbonyl (C=O) groups is 1. The fourth-order valence-electron chi connectivity index (χ4n) is 2.68. The lowest BCUT2D eigenvalue weighted by Crippen LogP contribution is -2.37. The lowest BCUT2D eigenvalue weighted by molar-refractivity contribution is -0.119. The van der Waals surface area contributed by atoms with Crippen LogP contribution in [0.1, 0.15) is 24.5 Å². The third-order valence-corrected chi connectivity index (χ3v) is 3.51. The Balaban J connectivity index is 1.95. The molecule has 1 unspecified atom stereocenters. The zero-order valence-corrected chi connectivity index (χ0v) is 10.2. The first-order valence-electron chi connectivity index (χ1n) is 6.12. The van der Waals surface area contributed by atoms with Gasteiger partial charge in [-0.15, -0.1) is 0 Å². The second-order valence-electron chi connectivity index (χ2n) is 4.88. The van der Waals surface area contributed by atoms with Crippen LogP contribution in [0.25, 0.3) is 11.0 Å². The highest BCUT2D eigenvalue weighted by Gasteiger charge is 2.21. The Labute approximate surface area is 105 Å². The molecule has 1 atom stereocenters. The molecule has 1 heterocycles. The summed E-state index contributed by atoms with van der Waals surface area (Å²) in [6.07, 6.45) is 4.05. The van der Waals surface area contributed by atoms with Gasteiger partial charge in [-0.1, -0.05) is 0 Å². The summed E-state index contributed by atoms with van der Waals surface area (Å²) >= 11 is 0. The van der Waals surface area contributed by atoms with Gasteiger partial charge in [-0.05, 0) is 42.5 Å². The molecule has 3 rings (SSSR count). The molecular weight excluding hydrogens is 230 g/mol. The highest BCUT2D eigenvalue weighted by Crippen LogP contribution is 2.32. The predicted molar refractivity (Wildman–Crippen MR) is 67.5 cm³/mol. The Kier molecular flexibility index (Phi) is 2.51. The molecule has 1 amide bonds. The molecule has 0 radical (unpaired) electrons. The van der Waals surface area contributed by atoms with Gasteiger partial charge in [0.15, 0.2) is 5.75 Å². The van der Waals surface area contributed by atoms with Crippen molar-refractivity contribution in [3.63, 3.8) is 0 Å². The highest BCUT2D eigenvalue weighted by atomic mass is 16.4. The van der Waals surface area contributed by atoms with Crippen LogP contribution < -0.4 is 5.32 Å². The summed E-state index contributed by atoms with van der Waals surface area (Å²) in [7, 11) is 0. The fraction of sp³-hybridized carbons (Fsp3) is 0.357. The Morgan fingerprint density at radius 3 is 3.06 bits per heavy atom. The fourth-order valence-corrected chi connectivity index (χ4v) is 2.68. The Morgan fingerprint density at radius 2 is 2.28 bits per heavy atom. The first-order chi connectivity index (χ1) is 8.63. The van der Waals surface area contributed by atoms with Crippen molar-refractivity contribution in [1.82, 2.24) is 5.32 Å². The van der Waals surface area contributed by atoms with E-state index in [-0.39, 0.29) is 17.7 Å². The third-order valence-electron chi connectivity index (χ3n) is 3.51. The van der Waals surface area contributed by atoms with Crippen molar-refractivity contribution in [3.05, 3.63) is 29.5 Å². The normalized spacial score (nSPS) is 18.6. The van der Waals surface area contributed by atoms with Gasteiger partial charge in [0.25, 0.3) is 0 Å². The summed E-state index contributed by atoms with van der Waals surface area (Å²) in [6.45, 7) is 1.54. The van der Waals surface area contributed by atoms with E-state index < -0.39 is 0 Å². The molecule has 2 aromatic rings. The number of benzene rings is 1. The van der Waals surface area contributed by atoms with Crippen LogP contribution in [0, 0.1) is 0 Å². The number of hydrogen-bond acceptors (Lipinski definition) is 3. The smallest absolute Gasteiger partial charge is 0.217 e. The number of aryl methyl sites for hydroxylation is 1. The lowest BCUT2D eigenvalue weighted by Gasteiger charge is -2.25. The molecule has 0 saturated heterocycles. The van der Waals surface area contributed by atoms with Crippen molar-refractivity contribution in [1.29, 1.82) is 0 Å². The molecule has 0 spiro atoms. The minimum atomic E-state index is 0.0140. The Bertz CT molecular complexity index is 615. The standard InChI is InChI=1S/C14H15NO3/c1-8(16)15-11-3-2-9-5-12-13(17)7-18-14(12)6-10(9)4-11/h5-7,11,17H,2-4H2,1H3,(H,15,16). The molecule has 4 heteroatoms. The summed E-state index contributed by atoms with van der Waals surface area (Å²) in [5.41, 5.74) is 3.14. The monoisotopic (exact) mass is 245 g/mol. The van der Waals surface area contributed by atoms with Gasteiger partial charge in [-0.2, -0.15) is 0 Å². The van der Waals surface area contributed by atoms with Crippen molar-refractivity contribution < 1.29 is 14.3 Å². The van der Waals surface area contributed by atoms with Crippen molar-refractivity contribution in [2.24, 2.45) is 0 Å². The zero-order valence-electron chi connectivity index (χ0n) is 10.2. The van der Waals surface area contributed by atoms with E-state index in [1.54, 1.807) is 6.92 Å². The van der Waals surface area contributed by atoms with Gasteiger partial charge >= 0.3 is 0 Å². The number of carbonyl (C=O) groups excluding carboxylic acids is 1. The average Bonchev–Trinajstić information content (AvgIpc) is 2.67. The van der Waals surface area contributed by atoms with E-state index in [0.717, 1.165) is 24.6 Å². The van der Waals surface area contributed by atoms with Gasteiger partial charge in [0.2, 0.25) is 5.91 Å². The van der Waals surface area contributed by atoms with Crippen LogP contribution in [0.2, 0.25) is 0 Å². The van der Waals surface area contributed by atoms with Crippen LogP contribution >= 0.6 is 0 Å². The molecule has 18 heavy (non-hydrogen) atoms. The largest absolute Gasteiger partial charge is 0.504 e. The molecule has 4 nitrogen and oxygen atoms in total. The maximum Gasteiger partial charge on any atom is 0.217 e. The summed E-state index contributed by atoms with van der Waals surface area (Å²) in [6, 6.07) is 4.17. The summed E-state index contributed by atoms with van der Waals surface area (Å²) in [4.78, 5) is 11.1.